The number of allylic oxidation sites excluding steroid dienone is 1. The van der Waals surface area contributed by atoms with Gasteiger partial charge in [0, 0.05) is 6.42 Å². The number of unbranched alkanes of at least 4 members (excludes halogenated alkanes) is 24. The van der Waals surface area contributed by atoms with Gasteiger partial charge < -0.3 is 10.4 Å². The molecule has 0 aliphatic heterocycles. The number of carbonyl (C=O) groups excluding carboxylic acids is 1. The number of nitrogens with zero attached hydrogens (tertiary/aromatic N) is 1. The number of nitriles is 1. The second-order valence-electron chi connectivity index (χ2n) is 11.8. The quantitative estimate of drug-likeness (QED) is 0.0695. The topological polar surface area (TPSA) is 73.1 Å². The van der Waals surface area contributed by atoms with Crippen LogP contribution in [0.4, 0.5) is 0 Å². The van der Waals surface area contributed by atoms with E-state index in [9.17, 15) is 15.2 Å². The van der Waals surface area contributed by atoms with Crippen LogP contribution in [0.2, 0.25) is 0 Å². The summed E-state index contributed by atoms with van der Waals surface area (Å²) >= 11 is 0. The Labute approximate surface area is 243 Å². The van der Waals surface area contributed by atoms with E-state index < -0.39 is 12.1 Å². The fourth-order valence-electron chi connectivity index (χ4n) is 5.19. The molecule has 0 aliphatic rings. The van der Waals surface area contributed by atoms with Crippen molar-refractivity contribution in [3.8, 4) is 6.07 Å². The molecule has 0 saturated heterocycles. The molecule has 0 radical (unpaired) electrons. The molecular formula is C35H66N2O2. The molecule has 4 heteroatoms. The van der Waals surface area contributed by atoms with Crippen LogP contribution >= 0.6 is 0 Å². The summed E-state index contributed by atoms with van der Waals surface area (Å²) in [6.07, 6.45) is 36.6. The van der Waals surface area contributed by atoms with Crippen LogP contribution < -0.4 is 5.32 Å². The maximum absolute atomic E-state index is 12.2. The zero-order valence-electron chi connectivity index (χ0n) is 26.2. The number of carbonyl (C=O) groups is 1. The third kappa shape index (κ3) is 28.0. The maximum Gasteiger partial charge on any atom is 0.221 e. The van der Waals surface area contributed by atoms with E-state index in [1.165, 1.54) is 141 Å². The van der Waals surface area contributed by atoms with Crippen molar-refractivity contribution in [2.45, 2.75) is 199 Å². The van der Waals surface area contributed by atoms with Crippen molar-refractivity contribution in [3.05, 3.63) is 12.2 Å². The van der Waals surface area contributed by atoms with E-state index in [2.05, 4.69) is 19.2 Å². The Bertz CT molecular complexity index is 584. The lowest BCUT2D eigenvalue weighted by atomic mass is 10.0. The minimum atomic E-state index is -0.942. The van der Waals surface area contributed by atoms with Gasteiger partial charge in [0.2, 0.25) is 5.91 Å². The van der Waals surface area contributed by atoms with Gasteiger partial charge in [0.25, 0.3) is 0 Å². The molecule has 0 spiro atoms. The molecule has 0 rings (SSSR count). The predicted octanol–water partition coefficient (Wildman–Crippen LogP) is 10.5. The highest BCUT2D eigenvalue weighted by molar-refractivity contribution is 5.76. The SMILES string of the molecule is CCCCCCCCCCCCC/C=C/C(O)C(C#N)NC(=O)CCCCCCCCCCCCCCCC. The smallest absolute Gasteiger partial charge is 0.221 e. The summed E-state index contributed by atoms with van der Waals surface area (Å²) in [5, 5.41) is 22.4. The van der Waals surface area contributed by atoms with Crippen molar-refractivity contribution >= 4 is 5.91 Å². The van der Waals surface area contributed by atoms with Crippen LogP contribution in [0.25, 0.3) is 0 Å². The lowest BCUT2D eigenvalue weighted by molar-refractivity contribution is -0.122. The van der Waals surface area contributed by atoms with Crippen LogP contribution in [0.1, 0.15) is 187 Å². The average molecular weight is 547 g/mol. The van der Waals surface area contributed by atoms with Gasteiger partial charge in [-0.2, -0.15) is 5.26 Å². The van der Waals surface area contributed by atoms with Gasteiger partial charge in [-0.1, -0.05) is 174 Å². The molecule has 0 heterocycles. The summed E-state index contributed by atoms with van der Waals surface area (Å²) < 4.78 is 0. The zero-order valence-corrected chi connectivity index (χ0v) is 26.2. The molecule has 2 N–H and O–H groups in total. The van der Waals surface area contributed by atoms with Crippen molar-refractivity contribution in [1.29, 1.82) is 5.26 Å². The third-order valence-electron chi connectivity index (χ3n) is 7.86. The first-order valence-corrected chi connectivity index (χ1v) is 17.2. The Morgan fingerprint density at radius 2 is 1.00 bits per heavy atom. The van der Waals surface area contributed by atoms with Crippen molar-refractivity contribution in [2.24, 2.45) is 0 Å². The minimum Gasteiger partial charge on any atom is -0.386 e. The van der Waals surface area contributed by atoms with Crippen LogP contribution in [-0.4, -0.2) is 23.2 Å². The summed E-state index contributed by atoms with van der Waals surface area (Å²) in [5.74, 6) is -0.127. The predicted molar refractivity (Wildman–Crippen MR) is 169 cm³/mol. The second kappa shape index (κ2) is 31.2. The monoisotopic (exact) mass is 547 g/mol. The number of hydrogen-bond acceptors (Lipinski definition) is 3. The standard InChI is InChI=1S/C35H66N2O2/c1-3-5-7-9-11-13-15-17-19-21-23-25-27-29-31-35(39)37-33(32-36)34(38)30-28-26-24-22-20-18-16-14-12-10-8-6-4-2/h28,30,33-34,38H,3-27,29,31H2,1-2H3,(H,37,39)/b30-28+. The molecule has 2 atom stereocenters. The number of hydrogen-bond donors (Lipinski definition) is 2. The number of aliphatic hydroxyl groups excluding tert-OH is 1. The molecule has 0 fully saturated rings. The lowest BCUT2D eigenvalue weighted by Gasteiger charge is -2.15. The first-order valence-electron chi connectivity index (χ1n) is 17.2. The van der Waals surface area contributed by atoms with Crippen molar-refractivity contribution in [2.75, 3.05) is 0 Å². The normalized spacial score (nSPS) is 13.0. The van der Waals surface area contributed by atoms with Gasteiger partial charge in [0.1, 0.15) is 12.1 Å². The number of aliphatic hydroxyl groups is 1. The Kier molecular flexibility index (Phi) is 30.1. The second-order valence-corrected chi connectivity index (χ2v) is 11.8. The van der Waals surface area contributed by atoms with E-state index in [4.69, 9.17) is 0 Å². The lowest BCUT2D eigenvalue weighted by Crippen LogP contribution is -2.41. The van der Waals surface area contributed by atoms with Crippen molar-refractivity contribution < 1.29 is 9.90 Å². The highest BCUT2D eigenvalue weighted by Gasteiger charge is 2.18. The summed E-state index contributed by atoms with van der Waals surface area (Å²) in [6.45, 7) is 4.53. The molecule has 228 valence electrons. The van der Waals surface area contributed by atoms with Gasteiger partial charge in [0.15, 0.2) is 0 Å². The first-order chi connectivity index (χ1) is 19.2. The molecule has 0 aromatic heterocycles. The van der Waals surface area contributed by atoms with Crippen LogP contribution in [0.5, 0.6) is 0 Å². The van der Waals surface area contributed by atoms with Gasteiger partial charge in [-0.3, -0.25) is 4.79 Å². The number of amides is 1. The molecule has 0 saturated carbocycles. The molecular weight excluding hydrogens is 480 g/mol. The molecule has 0 bridgehead atoms. The minimum absolute atomic E-state index is 0.127. The van der Waals surface area contributed by atoms with Gasteiger partial charge in [-0.25, -0.2) is 0 Å². The molecule has 0 aromatic carbocycles. The maximum atomic E-state index is 12.2. The van der Waals surface area contributed by atoms with E-state index in [0.29, 0.717) is 6.42 Å². The number of rotatable bonds is 30. The Morgan fingerprint density at radius 3 is 1.38 bits per heavy atom. The molecule has 0 aromatic rings. The average Bonchev–Trinajstić information content (AvgIpc) is 2.94. The highest BCUT2D eigenvalue weighted by Crippen LogP contribution is 2.14. The van der Waals surface area contributed by atoms with E-state index >= 15 is 0 Å². The fourth-order valence-corrected chi connectivity index (χ4v) is 5.19. The molecule has 0 aliphatic carbocycles. The van der Waals surface area contributed by atoms with E-state index in [1.807, 2.05) is 12.1 Å². The highest BCUT2D eigenvalue weighted by atomic mass is 16.3. The molecule has 4 nitrogen and oxygen atoms in total. The van der Waals surface area contributed by atoms with Crippen molar-refractivity contribution in [1.82, 2.24) is 5.32 Å². The van der Waals surface area contributed by atoms with E-state index in [0.717, 1.165) is 25.7 Å². The van der Waals surface area contributed by atoms with Gasteiger partial charge in [0.05, 0.1) is 6.07 Å². The summed E-state index contributed by atoms with van der Waals surface area (Å²) in [6, 6.07) is 1.18. The summed E-state index contributed by atoms with van der Waals surface area (Å²) in [4.78, 5) is 12.2. The van der Waals surface area contributed by atoms with E-state index in [-0.39, 0.29) is 5.91 Å². The van der Waals surface area contributed by atoms with Gasteiger partial charge in [-0.05, 0) is 19.3 Å². The molecule has 1 amide bonds. The van der Waals surface area contributed by atoms with E-state index in [1.54, 1.807) is 6.08 Å². The first kappa shape index (κ1) is 37.7. The Morgan fingerprint density at radius 1 is 0.641 bits per heavy atom. The van der Waals surface area contributed by atoms with Crippen LogP contribution in [0.15, 0.2) is 12.2 Å². The largest absolute Gasteiger partial charge is 0.386 e. The molecule has 39 heavy (non-hydrogen) atoms. The Balaban J connectivity index is 3.63. The fraction of sp³-hybridized carbons (Fsp3) is 0.886. The zero-order chi connectivity index (χ0) is 28.7. The number of nitrogens with one attached hydrogen (secondary N) is 1. The van der Waals surface area contributed by atoms with Gasteiger partial charge >= 0.3 is 0 Å². The van der Waals surface area contributed by atoms with Gasteiger partial charge in [-0.15, -0.1) is 0 Å². The summed E-state index contributed by atoms with van der Waals surface area (Å²) in [5.41, 5.74) is 0. The summed E-state index contributed by atoms with van der Waals surface area (Å²) in [7, 11) is 0. The van der Waals surface area contributed by atoms with Crippen LogP contribution in [0, 0.1) is 11.3 Å². The van der Waals surface area contributed by atoms with Crippen LogP contribution in [-0.2, 0) is 4.79 Å². The van der Waals surface area contributed by atoms with Crippen molar-refractivity contribution in [3.63, 3.8) is 0 Å². The molecule has 2 unspecified atom stereocenters. The third-order valence-corrected chi connectivity index (χ3v) is 7.86. The van der Waals surface area contributed by atoms with Crippen LogP contribution in [0.3, 0.4) is 0 Å². The Hall–Kier alpha value is -1.34.